The lowest BCUT2D eigenvalue weighted by atomic mass is 9.76. The van der Waals surface area contributed by atoms with E-state index in [1.54, 1.807) is 0 Å². The van der Waals surface area contributed by atoms with Crippen LogP contribution in [-0.2, 0) is 6.42 Å². The van der Waals surface area contributed by atoms with Gasteiger partial charge in [0.25, 0.3) is 0 Å². The zero-order valence-corrected chi connectivity index (χ0v) is 12.3. The van der Waals surface area contributed by atoms with Crippen LogP contribution in [0.4, 0.5) is 4.39 Å². The van der Waals surface area contributed by atoms with Gasteiger partial charge in [-0.15, -0.1) is 0 Å². The van der Waals surface area contributed by atoms with Gasteiger partial charge in [0.1, 0.15) is 5.82 Å². The number of nitrogens with one attached hydrogen (secondary N) is 1. The Kier molecular flexibility index (Phi) is 5.65. The van der Waals surface area contributed by atoms with E-state index in [9.17, 15) is 4.39 Å². The van der Waals surface area contributed by atoms with Gasteiger partial charge in [-0.2, -0.15) is 0 Å². The van der Waals surface area contributed by atoms with E-state index in [0.29, 0.717) is 10.9 Å². The quantitative estimate of drug-likeness (QED) is 0.842. The molecule has 0 aliphatic heterocycles. The van der Waals surface area contributed by atoms with E-state index in [1.807, 2.05) is 6.07 Å². The molecule has 0 radical (unpaired) electrons. The molecule has 0 aromatic heterocycles. The average Bonchev–Trinajstić information content (AvgIpc) is 2.41. The van der Waals surface area contributed by atoms with Crippen LogP contribution in [0.5, 0.6) is 0 Å². The normalized spacial score (nSPS) is 23.5. The maximum Gasteiger partial charge on any atom is 0.124 e. The number of benzene rings is 1. The lowest BCUT2D eigenvalue weighted by Gasteiger charge is -2.32. The van der Waals surface area contributed by atoms with Crippen molar-refractivity contribution < 1.29 is 4.39 Å². The van der Waals surface area contributed by atoms with Crippen molar-refractivity contribution in [2.75, 3.05) is 13.1 Å². The second-order valence-corrected chi connectivity index (χ2v) is 5.96. The maximum atomic E-state index is 13.1. The van der Waals surface area contributed by atoms with Crippen molar-refractivity contribution in [3.63, 3.8) is 0 Å². The molecule has 1 saturated carbocycles. The molecule has 3 heteroatoms. The van der Waals surface area contributed by atoms with Gasteiger partial charge in [0.15, 0.2) is 0 Å². The minimum atomic E-state index is -0.249. The van der Waals surface area contributed by atoms with E-state index in [1.165, 1.54) is 37.8 Å². The highest BCUT2D eigenvalue weighted by atomic mass is 35.5. The van der Waals surface area contributed by atoms with Gasteiger partial charge < -0.3 is 5.32 Å². The third-order valence-corrected chi connectivity index (χ3v) is 4.57. The summed E-state index contributed by atoms with van der Waals surface area (Å²) in [7, 11) is 0. The summed E-state index contributed by atoms with van der Waals surface area (Å²) in [6.45, 7) is 4.27. The standard InChI is InChI=1S/C16H23ClFN/c1-2-19-11-14-6-4-3-5-12(14)9-13-7-8-15(18)10-16(13)17/h7-8,10,12,14,19H,2-6,9,11H2,1H3. The number of hydrogen-bond donors (Lipinski definition) is 1. The molecule has 1 nitrogen and oxygen atoms in total. The molecule has 2 rings (SSSR count). The number of halogens is 2. The Hall–Kier alpha value is -0.600. The molecular formula is C16H23ClFN. The molecule has 0 spiro atoms. The van der Waals surface area contributed by atoms with Crippen molar-refractivity contribution >= 4 is 11.6 Å². The second-order valence-electron chi connectivity index (χ2n) is 5.55. The van der Waals surface area contributed by atoms with Crippen LogP contribution in [0.2, 0.25) is 5.02 Å². The number of rotatable bonds is 5. The van der Waals surface area contributed by atoms with E-state index in [4.69, 9.17) is 11.6 Å². The van der Waals surface area contributed by atoms with E-state index in [2.05, 4.69) is 12.2 Å². The topological polar surface area (TPSA) is 12.0 Å². The lowest BCUT2D eigenvalue weighted by Crippen LogP contribution is -2.31. The fraction of sp³-hybridized carbons (Fsp3) is 0.625. The zero-order chi connectivity index (χ0) is 13.7. The van der Waals surface area contributed by atoms with E-state index in [0.717, 1.165) is 31.0 Å². The Labute approximate surface area is 120 Å². The first-order chi connectivity index (χ1) is 9.20. The average molecular weight is 284 g/mol. The molecule has 1 aromatic rings. The van der Waals surface area contributed by atoms with Crippen molar-refractivity contribution in [1.29, 1.82) is 0 Å². The van der Waals surface area contributed by atoms with Gasteiger partial charge in [0, 0.05) is 5.02 Å². The SMILES string of the molecule is CCNCC1CCCCC1Cc1ccc(F)cc1Cl. The molecule has 106 valence electrons. The molecule has 1 aliphatic carbocycles. The molecular weight excluding hydrogens is 261 g/mol. The summed E-state index contributed by atoms with van der Waals surface area (Å²) in [5.41, 5.74) is 1.09. The van der Waals surface area contributed by atoms with Crippen LogP contribution < -0.4 is 5.32 Å². The second kappa shape index (κ2) is 7.25. The molecule has 0 amide bonds. The van der Waals surface area contributed by atoms with Crippen LogP contribution in [0, 0.1) is 17.7 Å². The van der Waals surface area contributed by atoms with Crippen molar-refractivity contribution in [3.05, 3.63) is 34.6 Å². The molecule has 19 heavy (non-hydrogen) atoms. The Morgan fingerprint density at radius 2 is 2.00 bits per heavy atom. The van der Waals surface area contributed by atoms with Crippen LogP contribution >= 0.6 is 11.6 Å². The predicted octanol–water partition coefficient (Wildman–Crippen LogP) is 4.44. The molecule has 1 fully saturated rings. The third kappa shape index (κ3) is 4.19. The van der Waals surface area contributed by atoms with Crippen molar-refractivity contribution in [2.24, 2.45) is 11.8 Å². The minimum Gasteiger partial charge on any atom is -0.317 e. The largest absolute Gasteiger partial charge is 0.317 e. The van der Waals surface area contributed by atoms with Crippen molar-refractivity contribution in [1.82, 2.24) is 5.32 Å². The molecule has 1 aliphatic rings. The minimum absolute atomic E-state index is 0.249. The van der Waals surface area contributed by atoms with Gasteiger partial charge in [0.2, 0.25) is 0 Å². The maximum absolute atomic E-state index is 13.1. The van der Waals surface area contributed by atoms with Crippen LogP contribution in [0.3, 0.4) is 0 Å². The molecule has 0 bridgehead atoms. The Bertz CT molecular complexity index is 408. The van der Waals surface area contributed by atoms with Gasteiger partial charge >= 0.3 is 0 Å². The first-order valence-electron chi connectivity index (χ1n) is 7.35. The van der Waals surface area contributed by atoms with Gasteiger partial charge in [0.05, 0.1) is 0 Å². The fourth-order valence-corrected chi connectivity index (χ4v) is 3.37. The molecule has 1 aromatic carbocycles. The Morgan fingerprint density at radius 1 is 1.26 bits per heavy atom. The summed E-state index contributed by atoms with van der Waals surface area (Å²) < 4.78 is 13.1. The molecule has 2 atom stereocenters. The van der Waals surface area contributed by atoms with Crippen molar-refractivity contribution in [3.8, 4) is 0 Å². The van der Waals surface area contributed by atoms with Gasteiger partial charge in [-0.25, -0.2) is 4.39 Å². The first kappa shape index (κ1) is 14.8. The van der Waals surface area contributed by atoms with Crippen molar-refractivity contribution in [2.45, 2.75) is 39.0 Å². The highest BCUT2D eigenvalue weighted by Crippen LogP contribution is 2.33. The van der Waals surface area contributed by atoms with Gasteiger partial charge in [-0.3, -0.25) is 0 Å². The molecule has 2 unspecified atom stereocenters. The van der Waals surface area contributed by atoms with Gasteiger partial charge in [-0.1, -0.05) is 37.4 Å². The highest BCUT2D eigenvalue weighted by molar-refractivity contribution is 6.31. The molecule has 0 saturated heterocycles. The highest BCUT2D eigenvalue weighted by Gasteiger charge is 2.25. The Balaban J connectivity index is 2.02. The van der Waals surface area contributed by atoms with Crippen LogP contribution in [0.25, 0.3) is 0 Å². The summed E-state index contributed by atoms with van der Waals surface area (Å²) >= 11 is 6.15. The first-order valence-corrected chi connectivity index (χ1v) is 7.73. The summed E-state index contributed by atoms with van der Waals surface area (Å²) in [6.07, 6.45) is 6.20. The van der Waals surface area contributed by atoms with E-state index >= 15 is 0 Å². The van der Waals surface area contributed by atoms with Gasteiger partial charge in [-0.05, 0) is 61.9 Å². The fourth-order valence-electron chi connectivity index (χ4n) is 3.12. The predicted molar refractivity (Wildman–Crippen MR) is 79.1 cm³/mol. The summed E-state index contributed by atoms with van der Waals surface area (Å²) in [5.74, 6) is 1.16. The van der Waals surface area contributed by atoms with E-state index < -0.39 is 0 Å². The molecule has 0 heterocycles. The zero-order valence-electron chi connectivity index (χ0n) is 11.6. The summed E-state index contributed by atoms with van der Waals surface area (Å²) in [6, 6.07) is 4.79. The Morgan fingerprint density at radius 3 is 2.68 bits per heavy atom. The lowest BCUT2D eigenvalue weighted by molar-refractivity contribution is 0.229. The smallest absolute Gasteiger partial charge is 0.124 e. The monoisotopic (exact) mass is 283 g/mol. The number of hydrogen-bond acceptors (Lipinski definition) is 1. The summed E-state index contributed by atoms with van der Waals surface area (Å²) in [5, 5.41) is 4.04. The summed E-state index contributed by atoms with van der Waals surface area (Å²) in [4.78, 5) is 0. The van der Waals surface area contributed by atoms with E-state index in [-0.39, 0.29) is 5.82 Å². The van der Waals surface area contributed by atoms with Crippen LogP contribution in [0.15, 0.2) is 18.2 Å². The molecule has 1 N–H and O–H groups in total. The third-order valence-electron chi connectivity index (χ3n) is 4.22. The van der Waals surface area contributed by atoms with Crippen LogP contribution in [0.1, 0.15) is 38.2 Å². The van der Waals surface area contributed by atoms with Crippen LogP contribution in [-0.4, -0.2) is 13.1 Å².